The molecule has 0 aliphatic carbocycles. The van der Waals surface area contributed by atoms with Crippen LogP contribution in [0.4, 0.5) is 5.69 Å². The minimum atomic E-state index is 0.598. The van der Waals surface area contributed by atoms with Gasteiger partial charge in [-0.2, -0.15) is 0 Å². The third kappa shape index (κ3) is 3.43. The molecule has 2 heterocycles. The average molecular weight is 308 g/mol. The first kappa shape index (κ1) is 12.8. The number of rotatable bonds is 5. The summed E-state index contributed by atoms with van der Waals surface area (Å²) >= 11 is 3.35. The quantitative estimate of drug-likeness (QED) is 0.861. The highest BCUT2D eigenvalue weighted by molar-refractivity contribution is 9.10. The van der Waals surface area contributed by atoms with Crippen molar-refractivity contribution in [2.24, 2.45) is 0 Å². The molecule has 2 rings (SSSR count). The van der Waals surface area contributed by atoms with Gasteiger partial charge in [-0.3, -0.25) is 0 Å². The Balaban J connectivity index is 2.06. The summed E-state index contributed by atoms with van der Waals surface area (Å²) < 4.78 is 6.28. The zero-order valence-corrected chi connectivity index (χ0v) is 11.6. The largest absolute Gasteiger partial charge is 0.476 e. The van der Waals surface area contributed by atoms with Crippen LogP contribution < -0.4 is 10.1 Å². The van der Waals surface area contributed by atoms with E-state index in [2.05, 4.69) is 31.2 Å². The van der Waals surface area contributed by atoms with Gasteiger partial charge in [-0.05, 0) is 47.1 Å². The molecule has 18 heavy (non-hydrogen) atoms. The van der Waals surface area contributed by atoms with Gasteiger partial charge in [0.25, 0.3) is 0 Å². The van der Waals surface area contributed by atoms with E-state index in [4.69, 9.17) is 4.74 Å². The van der Waals surface area contributed by atoms with Gasteiger partial charge < -0.3 is 10.1 Å². The van der Waals surface area contributed by atoms with Crippen molar-refractivity contribution >= 4 is 21.6 Å². The van der Waals surface area contributed by atoms with Crippen molar-refractivity contribution in [2.45, 2.75) is 13.5 Å². The van der Waals surface area contributed by atoms with Crippen molar-refractivity contribution in [1.29, 1.82) is 0 Å². The average Bonchev–Trinajstić information content (AvgIpc) is 2.38. The van der Waals surface area contributed by atoms with Gasteiger partial charge in [0.15, 0.2) is 0 Å². The Morgan fingerprint density at radius 2 is 2.17 bits per heavy atom. The van der Waals surface area contributed by atoms with Gasteiger partial charge in [0, 0.05) is 6.20 Å². The summed E-state index contributed by atoms with van der Waals surface area (Å²) in [7, 11) is 0. The maximum atomic E-state index is 5.45. The molecule has 0 atom stereocenters. The van der Waals surface area contributed by atoms with Gasteiger partial charge in [0.1, 0.15) is 4.60 Å². The van der Waals surface area contributed by atoms with Crippen molar-refractivity contribution in [1.82, 2.24) is 9.97 Å². The van der Waals surface area contributed by atoms with E-state index < -0.39 is 0 Å². The monoisotopic (exact) mass is 307 g/mol. The van der Waals surface area contributed by atoms with Gasteiger partial charge >= 0.3 is 0 Å². The van der Waals surface area contributed by atoms with E-state index in [1.807, 2.05) is 37.3 Å². The highest BCUT2D eigenvalue weighted by Crippen LogP contribution is 2.21. The molecule has 0 bridgehead atoms. The summed E-state index contributed by atoms with van der Waals surface area (Å²) in [4.78, 5) is 8.54. The topological polar surface area (TPSA) is 47.0 Å². The highest BCUT2D eigenvalue weighted by atomic mass is 79.9. The van der Waals surface area contributed by atoms with Gasteiger partial charge in [-0.25, -0.2) is 9.97 Å². The van der Waals surface area contributed by atoms with Crippen LogP contribution in [0.1, 0.15) is 12.6 Å². The second kappa shape index (κ2) is 6.35. The zero-order valence-electron chi connectivity index (χ0n) is 10.1. The SMILES string of the molecule is CCOc1ncccc1NCc1cccc(Br)n1. The summed E-state index contributed by atoms with van der Waals surface area (Å²) in [6.45, 7) is 3.17. The van der Waals surface area contributed by atoms with E-state index in [0.717, 1.165) is 16.0 Å². The smallest absolute Gasteiger partial charge is 0.237 e. The maximum Gasteiger partial charge on any atom is 0.237 e. The molecule has 0 radical (unpaired) electrons. The Hall–Kier alpha value is -1.62. The normalized spacial score (nSPS) is 10.1. The molecule has 1 N–H and O–H groups in total. The first-order chi connectivity index (χ1) is 8.79. The summed E-state index contributed by atoms with van der Waals surface area (Å²) in [5.74, 6) is 0.620. The van der Waals surface area contributed by atoms with Gasteiger partial charge in [0.2, 0.25) is 5.88 Å². The third-order valence-corrected chi connectivity index (χ3v) is 2.73. The van der Waals surface area contributed by atoms with Crippen LogP contribution in [0.5, 0.6) is 5.88 Å². The Labute approximate surface area is 115 Å². The minimum Gasteiger partial charge on any atom is -0.476 e. The summed E-state index contributed by atoms with van der Waals surface area (Å²) in [6.07, 6.45) is 1.72. The lowest BCUT2D eigenvalue weighted by atomic mass is 10.3. The first-order valence-corrected chi connectivity index (χ1v) is 6.52. The molecule has 0 saturated carbocycles. The number of hydrogen-bond donors (Lipinski definition) is 1. The summed E-state index contributed by atoms with van der Waals surface area (Å²) in [5.41, 5.74) is 1.83. The van der Waals surface area contributed by atoms with E-state index in [9.17, 15) is 0 Å². The number of ether oxygens (including phenoxy) is 1. The van der Waals surface area contributed by atoms with Crippen molar-refractivity contribution in [3.05, 3.63) is 46.8 Å². The molecule has 0 saturated heterocycles. The molecule has 0 unspecified atom stereocenters. The van der Waals surface area contributed by atoms with Gasteiger partial charge in [0.05, 0.1) is 24.5 Å². The molecule has 0 amide bonds. The van der Waals surface area contributed by atoms with Crippen LogP contribution in [-0.4, -0.2) is 16.6 Å². The van der Waals surface area contributed by atoms with E-state index in [1.54, 1.807) is 6.20 Å². The lowest BCUT2D eigenvalue weighted by Gasteiger charge is -2.10. The van der Waals surface area contributed by atoms with Crippen LogP contribution in [0.2, 0.25) is 0 Å². The van der Waals surface area contributed by atoms with Crippen LogP contribution in [0.15, 0.2) is 41.1 Å². The van der Waals surface area contributed by atoms with Crippen molar-refractivity contribution < 1.29 is 4.74 Å². The van der Waals surface area contributed by atoms with Gasteiger partial charge in [-0.1, -0.05) is 6.07 Å². The number of pyridine rings is 2. The lowest BCUT2D eigenvalue weighted by Crippen LogP contribution is -2.05. The highest BCUT2D eigenvalue weighted by Gasteiger charge is 2.03. The number of anilines is 1. The zero-order chi connectivity index (χ0) is 12.8. The van der Waals surface area contributed by atoms with Crippen molar-refractivity contribution in [2.75, 3.05) is 11.9 Å². The van der Waals surface area contributed by atoms with Crippen LogP contribution >= 0.6 is 15.9 Å². The van der Waals surface area contributed by atoms with Crippen molar-refractivity contribution in [3.8, 4) is 5.88 Å². The second-order valence-corrected chi connectivity index (χ2v) is 4.41. The van der Waals surface area contributed by atoms with E-state index in [0.29, 0.717) is 19.0 Å². The van der Waals surface area contributed by atoms with E-state index in [-0.39, 0.29) is 0 Å². The minimum absolute atomic E-state index is 0.598. The first-order valence-electron chi connectivity index (χ1n) is 5.72. The fourth-order valence-electron chi connectivity index (χ4n) is 1.51. The molecule has 0 aliphatic heterocycles. The number of hydrogen-bond acceptors (Lipinski definition) is 4. The van der Waals surface area contributed by atoms with Crippen molar-refractivity contribution in [3.63, 3.8) is 0 Å². The predicted octanol–water partition coefficient (Wildman–Crippen LogP) is 3.25. The summed E-state index contributed by atoms with van der Waals surface area (Å²) in [6, 6.07) is 9.64. The van der Waals surface area contributed by atoms with Crippen LogP contribution in [0.25, 0.3) is 0 Å². The molecule has 2 aromatic heterocycles. The predicted molar refractivity (Wildman–Crippen MR) is 74.7 cm³/mol. The molecule has 4 nitrogen and oxygen atoms in total. The van der Waals surface area contributed by atoms with E-state index in [1.165, 1.54) is 0 Å². The Morgan fingerprint density at radius 3 is 2.94 bits per heavy atom. The molecule has 2 aromatic rings. The fourth-order valence-corrected chi connectivity index (χ4v) is 1.89. The van der Waals surface area contributed by atoms with E-state index >= 15 is 0 Å². The number of aromatic nitrogens is 2. The van der Waals surface area contributed by atoms with Gasteiger partial charge in [-0.15, -0.1) is 0 Å². The molecule has 5 heteroatoms. The molecule has 0 aromatic carbocycles. The van der Waals surface area contributed by atoms with Crippen LogP contribution in [0, 0.1) is 0 Å². The molecule has 0 fully saturated rings. The lowest BCUT2D eigenvalue weighted by molar-refractivity contribution is 0.328. The molecular formula is C13H14BrN3O. The van der Waals surface area contributed by atoms with Crippen LogP contribution in [0.3, 0.4) is 0 Å². The third-order valence-electron chi connectivity index (χ3n) is 2.28. The number of nitrogens with zero attached hydrogens (tertiary/aromatic N) is 2. The molecular weight excluding hydrogens is 294 g/mol. The number of halogens is 1. The second-order valence-electron chi connectivity index (χ2n) is 3.59. The fraction of sp³-hybridized carbons (Fsp3) is 0.231. The Morgan fingerprint density at radius 1 is 1.28 bits per heavy atom. The molecule has 0 spiro atoms. The van der Waals surface area contributed by atoms with Crippen LogP contribution in [-0.2, 0) is 6.54 Å². The Kier molecular flexibility index (Phi) is 4.52. The Bertz CT molecular complexity index is 519. The maximum absolute atomic E-state index is 5.45. The molecule has 94 valence electrons. The number of nitrogens with one attached hydrogen (secondary N) is 1. The molecule has 0 aliphatic rings. The summed E-state index contributed by atoms with van der Waals surface area (Å²) in [5, 5.41) is 3.27. The standard InChI is InChI=1S/C13H14BrN3O/c1-2-18-13-11(6-4-8-15-13)16-9-10-5-3-7-12(14)17-10/h3-8,16H,2,9H2,1H3.